The number of halogens is 2. The van der Waals surface area contributed by atoms with Gasteiger partial charge in [-0.25, -0.2) is 23.5 Å². The Hall–Kier alpha value is -4.66. The Morgan fingerprint density at radius 3 is 2.69 bits per heavy atom. The molecule has 0 saturated carbocycles. The van der Waals surface area contributed by atoms with Crippen LogP contribution in [0.5, 0.6) is 5.88 Å². The molecule has 0 bridgehead atoms. The van der Waals surface area contributed by atoms with E-state index in [0.29, 0.717) is 38.3 Å². The number of hydrogen-bond donors (Lipinski definition) is 1. The number of aromatic carboxylic acids is 1. The molecular formula is C31H27F2N5O4. The number of rotatable bonds is 9. The molecule has 9 nitrogen and oxygen atoms in total. The van der Waals surface area contributed by atoms with Gasteiger partial charge in [-0.15, -0.1) is 0 Å². The molecule has 2 aliphatic heterocycles. The van der Waals surface area contributed by atoms with Gasteiger partial charge >= 0.3 is 5.97 Å². The SMILES string of the molecule is N#Cc1ccc(COc2nc(C3=CCN(Cc4nc5ccc(C(=O)O)cc5n4C[C@@H]4CCO4)CC3)ccc2F)c(F)c1. The van der Waals surface area contributed by atoms with Crippen molar-refractivity contribution in [1.82, 2.24) is 19.4 Å². The molecule has 4 heterocycles. The first kappa shape index (κ1) is 27.5. The largest absolute Gasteiger partial charge is 0.478 e. The quantitative estimate of drug-likeness (QED) is 0.301. The second-order valence-electron chi connectivity index (χ2n) is 10.3. The summed E-state index contributed by atoms with van der Waals surface area (Å²) < 4.78 is 41.9. The minimum absolute atomic E-state index is 0.0804. The average Bonchev–Trinajstić information content (AvgIpc) is 3.31. The minimum atomic E-state index is -0.982. The zero-order chi connectivity index (χ0) is 29.2. The highest BCUT2D eigenvalue weighted by Crippen LogP contribution is 2.27. The van der Waals surface area contributed by atoms with Crippen LogP contribution in [0.25, 0.3) is 16.6 Å². The van der Waals surface area contributed by atoms with E-state index in [1.54, 1.807) is 24.3 Å². The summed E-state index contributed by atoms with van der Waals surface area (Å²) in [5.41, 5.74) is 3.65. The Morgan fingerprint density at radius 1 is 1.14 bits per heavy atom. The fraction of sp³-hybridized carbons (Fsp3) is 0.290. The van der Waals surface area contributed by atoms with Crippen LogP contribution in [0.3, 0.4) is 0 Å². The van der Waals surface area contributed by atoms with Gasteiger partial charge in [0.25, 0.3) is 5.88 Å². The minimum Gasteiger partial charge on any atom is -0.478 e. The van der Waals surface area contributed by atoms with E-state index in [1.807, 2.05) is 12.1 Å². The van der Waals surface area contributed by atoms with E-state index in [9.17, 15) is 18.7 Å². The number of imidazole rings is 1. The van der Waals surface area contributed by atoms with Gasteiger partial charge in [-0.2, -0.15) is 5.26 Å². The van der Waals surface area contributed by atoms with Crippen LogP contribution in [0.2, 0.25) is 0 Å². The summed E-state index contributed by atoms with van der Waals surface area (Å²) in [6, 6.07) is 13.8. The van der Waals surface area contributed by atoms with Crippen LogP contribution < -0.4 is 4.74 Å². The third-order valence-electron chi connectivity index (χ3n) is 7.60. The molecule has 42 heavy (non-hydrogen) atoms. The number of ether oxygens (including phenoxy) is 2. The van der Waals surface area contributed by atoms with Crippen molar-refractivity contribution in [2.45, 2.75) is 38.6 Å². The number of aromatic nitrogens is 3. The van der Waals surface area contributed by atoms with Crippen LogP contribution in [0.4, 0.5) is 8.78 Å². The first-order chi connectivity index (χ1) is 20.4. The number of carboxylic acids is 1. The van der Waals surface area contributed by atoms with Crippen molar-refractivity contribution in [3.8, 4) is 11.9 Å². The number of carboxylic acid groups (broad SMARTS) is 1. The van der Waals surface area contributed by atoms with E-state index < -0.39 is 17.6 Å². The highest BCUT2D eigenvalue weighted by Gasteiger charge is 2.24. The Morgan fingerprint density at radius 2 is 2.00 bits per heavy atom. The van der Waals surface area contributed by atoms with Crippen LogP contribution in [-0.4, -0.2) is 56.3 Å². The summed E-state index contributed by atoms with van der Waals surface area (Å²) in [5.74, 6) is -1.61. The second kappa shape index (κ2) is 11.7. The van der Waals surface area contributed by atoms with E-state index in [4.69, 9.17) is 19.7 Å². The van der Waals surface area contributed by atoms with Crippen molar-refractivity contribution >= 4 is 22.6 Å². The van der Waals surface area contributed by atoms with Crippen LogP contribution in [0.1, 0.15) is 45.8 Å². The normalized spacial score (nSPS) is 17.0. The molecule has 1 N–H and O–H groups in total. The highest BCUT2D eigenvalue weighted by atomic mass is 19.1. The van der Waals surface area contributed by atoms with Gasteiger partial charge in [0.1, 0.15) is 18.2 Å². The summed E-state index contributed by atoms with van der Waals surface area (Å²) in [6.07, 6.45) is 3.74. The van der Waals surface area contributed by atoms with Crippen molar-refractivity contribution in [3.63, 3.8) is 0 Å². The number of hydrogen-bond acceptors (Lipinski definition) is 7. The lowest BCUT2D eigenvalue weighted by molar-refractivity contribution is -0.0591. The molecule has 6 rings (SSSR count). The second-order valence-corrected chi connectivity index (χ2v) is 10.3. The standard InChI is InChI=1S/C31H27F2N5O4/c32-24-4-6-26(36-30(24)42-18-22-2-1-19(15-34)13-25(22)33)20-7-10-37(11-8-20)17-29-35-27-5-3-21(31(39)40)14-28(27)38(29)16-23-9-12-41-23/h1-7,13-14,23H,8-12,16-18H2,(H,39,40)/t23-/m0/s1. The molecule has 0 unspecified atom stereocenters. The molecule has 0 spiro atoms. The smallest absolute Gasteiger partial charge is 0.335 e. The molecule has 11 heteroatoms. The van der Waals surface area contributed by atoms with Crippen molar-refractivity contribution in [1.29, 1.82) is 5.26 Å². The molecule has 1 atom stereocenters. The number of nitriles is 1. The Labute approximate surface area is 240 Å². The zero-order valence-corrected chi connectivity index (χ0v) is 22.6. The Balaban J connectivity index is 1.16. The predicted octanol–water partition coefficient (Wildman–Crippen LogP) is 4.94. The van der Waals surface area contributed by atoms with Crippen molar-refractivity contribution in [2.75, 3.05) is 19.7 Å². The topological polar surface area (TPSA) is 114 Å². The van der Waals surface area contributed by atoms with E-state index in [1.165, 1.54) is 18.2 Å². The lowest BCUT2D eigenvalue weighted by atomic mass is 10.0. The third-order valence-corrected chi connectivity index (χ3v) is 7.60. The number of carbonyl (C=O) groups is 1. The third kappa shape index (κ3) is 5.72. The van der Waals surface area contributed by atoms with Gasteiger partial charge in [-0.05, 0) is 60.9 Å². The van der Waals surface area contributed by atoms with Crippen molar-refractivity contribution in [2.24, 2.45) is 0 Å². The molecule has 0 radical (unpaired) electrons. The first-order valence-electron chi connectivity index (χ1n) is 13.6. The Kier molecular flexibility index (Phi) is 7.65. The number of nitrogens with zero attached hydrogens (tertiary/aromatic N) is 5. The zero-order valence-electron chi connectivity index (χ0n) is 22.6. The van der Waals surface area contributed by atoms with Crippen LogP contribution in [-0.2, 0) is 24.4 Å². The molecule has 2 aromatic heterocycles. The van der Waals surface area contributed by atoms with Gasteiger partial charge in [0, 0.05) is 25.3 Å². The number of benzene rings is 2. The highest BCUT2D eigenvalue weighted by molar-refractivity contribution is 5.92. The number of fused-ring (bicyclic) bond motifs is 1. The predicted molar refractivity (Wildman–Crippen MR) is 149 cm³/mol. The van der Waals surface area contributed by atoms with Gasteiger partial charge in [-0.3, -0.25) is 4.90 Å². The molecule has 0 amide bonds. The molecule has 2 aliphatic rings. The van der Waals surface area contributed by atoms with E-state index in [-0.39, 0.29) is 35.3 Å². The molecule has 2 aromatic carbocycles. The van der Waals surface area contributed by atoms with Crippen LogP contribution >= 0.6 is 0 Å². The maximum absolute atomic E-state index is 14.5. The van der Waals surface area contributed by atoms with E-state index in [2.05, 4.69) is 14.5 Å². The fourth-order valence-electron chi connectivity index (χ4n) is 5.13. The maximum Gasteiger partial charge on any atom is 0.335 e. The average molecular weight is 572 g/mol. The summed E-state index contributed by atoms with van der Waals surface area (Å²) >= 11 is 0. The van der Waals surface area contributed by atoms with E-state index >= 15 is 0 Å². The lowest BCUT2D eigenvalue weighted by Gasteiger charge is -2.29. The maximum atomic E-state index is 14.5. The lowest BCUT2D eigenvalue weighted by Crippen LogP contribution is -2.33. The first-order valence-corrected chi connectivity index (χ1v) is 13.6. The Bertz CT molecular complexity index is 1740. The fourth-order valence-corrected chi connectivity index (χ4v) is 5.13. The molecular weight excluding hydrogens is 544 g/mol. The van der Waals surface area contributed by atoms with E-state index in [0.717, 1.165) is 41.5 Å². The summed E-state index contributed by atoms with van der Waals surface area (Å²) in [7, 11) is 0. The molecule has 4 aromatic rings. The summed E-state index contributed by atoms with van der Waals surface area (Å²) in [6.45, 7) is 3.00. The summed E-state index contributed by atoms with van der Waals surface area (Å²) in [5, 5.41) is 18.4. The van der Waals surface area contributed by atoms with Crippen LogP contribution in [0.15, 0.2) is 54.6 Å². The monoisotopic (exact) mass is 571 g/mol. The van der Waals surface area contributed by atoms with Gasteiger partial charge in [0.2, 0.25) is 0 Å². The van der Waals surface area contributed by atoms with Crippen molar-refractivity contribution in [3.05, 3.63) is 94.5 Å². The van der Waals surface area contributed by atoms with Gasteiger partial charge in [-0.1, -0.05) is 12.1 Å². The van der Waals surface area contributed by atoms with Gasteiger partial charge in [0.05, 0.1) is 53.1 Å². The number of pyridine rings is 1. The summed E-state index contributed by atoms with van der Waals surface area (Å²) in [4.78, 5) is 23.0. The van der Waals surface area contributed by atoms with Crippen molar-refractivity contribution < 1.29 is 28.2 Å². The molecule has 1 saturated heterocycles. The molecule has 1 fully saturated rings. The molecule has 214 valence electrons. The van der Waals surface area contributed by atoms with Gasteiger partial charge < -0.3 is 19.1 Å². The van der Waals surface area contributed by atoms with Gasteiger partial charge in [0.15, 0.2) is 5.82 Å². The molecule has 0 aliphatic carbocycles. The van der Waals surface area contributed by atoms with Crippen LogP contribution in [0, 0.1) is 23.0 Å².